The summed E-state index contributed by atoms with van der Waals surface area (Å²) in [6.45, 7) is 1.64. The van der Waals surface area contributed by atoms with Gasteiger partial charge in [0.1, 0.15) is 5.82 Å². The van der Waals surface area contributed by atoms with Crippen molar-refractivity contribution in [3.8, 4) is 0 Å². The second-order valence-electron chi connectivity index (χ2n) is 3.19. The molecule has 0 atom stereocenters. The van der Waals surface area contributed by atoms with Gasteiger partial charge in [-0.3, -0.25) is 0 Å². The quantitative estimate of drug-likeness (QED) is 0.764. The molecule has 1 aromatic carbocycles. The van der Waals surface area contributed by atoms with E-state index in [-0.39, 0.29) is 5.82 Å². The smallest absolute Gasteiger partial charge is 0.244 e. The Morgan fingerprint density at radius 1 is 1.56 bits per heavy atom. The summed E-state index contributed by atoms with van der Waals surface area (Å²) in [6, 6.07) is 5.92. The molecule has 0 radical (unpaired) electrons. The van der Waals surface area contributed by atoms with Crippen LogP contribution >= 0.6 is 0 Å². The van der Waals surface area contributed by atoms with Crippen molar-refractivity contribution in [1.82, 2.24) is 14.9 Å². The van der Waals surface area contributed by atoms with Gasteiger partial charge in [0.25, 0.3) is 0 Å². The standard InChI is InChI=1S/C10H9FN4O/c1-7-13-14-10(16)15(7)12-6-8-3-2-4-9(11)5-8/h2-6H,1H3,(H,14,16)/b12-6+. The highest BCUT2D eigenvalue weighted by atomic mass is 19.1. The first-order valence-electron chi connectivity index (χ1n) is 4.61. The molecule has 0 unspecified atom stereocenters. The molecular weight excluding hydrogens is 211 g/mol. The third kappa shape index (κ3) is 2.05. The Morgan fingerprint density at radius 3 is 3.00 bits per heavy atom. The van der Waals surface area contributed by atoms with Gasteiger partial charge in [0.05, 0.1) is 6.21 Å². The van der Waals surface area contributed by atoms with Gasteiger partial charge >= 0.3 is 5.69 Å². The topological polar surface area (TPSA) is 63.0 Å². The van der Waals surface area contributed by atoms with Gasteiger partial charge in [-0.1, -0.05) is 12.1 Å². The summed E-state index contributed by atoms with van der Waals surface area (Å²) in [5.41, 5.74) is 0.151. The molecule has 2 aromatic rings. The van der Waals surface area contributed by atoms with E-state index in [9.17, 15) is 9.18 Å². The minimum absolute atomic E-state index is 0.347. The summed E-state index contributed by atoms with van der Waals surface area (Å²) in [6.07, 6.45) is 1.40. The van der Waals surface area contributed by atoms with Crippen LogP contribution < -0.4 is 5.69 Å². The first-order valence-corrected chi connectivity index (χ1v) is 4.61. The predicted molar refractivity (Wildman–Crippen MR) is 57.0 cm³/mol. The van der Waals surface area contributed by atoms with Gasteiger partial charge in [-0.2, -0.15) is 14.9 Å². The van der Waals surface area contributed by atoms with Gasteiger partial charge in [-0.05, 0) is 24.6 Å². The lowest BCUT2D eigenvalue weighted by molar-refractivity contribution is 0.627. The van der Waals surface area contributed by atoms with Crippen molar-refractivity contribution in [2.45, 2.75) is 6.92 Å². The van der Waals surface area contributed by atoms with Crippen molar-refractivity contribution in [3.05, 3.63) is 52.0 Å². The molecule has 0 fully saturated rings. The van der Waals surface area contributed by atoms with Crippen LogP contribution in [0.15, 0.2) is 34.2 Å². The maximum absolute atomic E-state index is 12.8. The van der Waals surface area contributed by atoms with E-state index in [4.69, 9.17) is 0 Å². The number of nitrogens with zero attached hydrogens (tertiary/aromatic N) is 3. The van der Waals surface area contributed by atoms with Gasteiger partial charge in [0, 0.05) is 0 Å². The molecular formula is C10H9FN4O. The molecule has 0 saturated carbocycles. The SMILES string of the molecule is Cc1n[nH]c(=O)n1/N=C/c1cccc(F)c1. The molecule has 0 bridgehead atoms. The third-order valence-electron chi connectivity index (χ3n) is 1.98. The van der Waals surface area contributed by atoms with E-state index in [1.54, 1.807) is 19.1 Å². The lowest BCUT2D eigenvalue weighted by Crippen LogP contribution is -2.13. The normalized spacial score (nSPS) is 11.1. The Labute approximate surface area is 90.2 Å². The van der Waals surface area contributed by atoms with E-state index in [0.717, 1.165) is 4.68 Å². The van der Waals surface area contributed by atoms with Crippen LogP contribution in [0.25, 0.3) is 0 Å². The zero-order valence-corrected chi connectivity index (χ0v) is 8.51. The molecule has 1 N–H and O–H groups in total. The molecule has 0 spiro atoms. The van der Waals surface area contributed by atoms with E-state index < -0.39 is 5.69 Å². The Kier molecular flexibility index (Phi) is 2.63. The van der Waals surface area contributed by atoms with Gasteiger partial charge in [-0.25, -0.2) is 14.3 Å². The molecule has 0 amide bonds. The molecule has 5 nitrogen and oxygen atoms in total. The number of aryl methyl sites for hydroxylation is 1. The predicted octanol–water partition coefficient (Wildman–Crippen LogP) is 0.901. The number of nitrogens with one attached hydrogen (secondary N) is 1. The number of halogens is 1. The van der Waals surface area contributed by atoms with Crippen molar-refractivity contribution in [2.75, 3.05) is 0 Å². The van der Waals surface area contributed by atoms with Crippen LogP contribution in [0.2, 0.25) is 0 Å². The van der Waals surface area contributed by atoms with Gasteiger partial charge in [0.15, 0.2) is 5.82 Å². The number of aromatic amines is 1. The number of aromatic nitrogens is 3. The highest BCUT2D eigenvalue weighted by Crippen LogP contribution is 2.00. The molecule has 0 aliphatic carbocycles. The molecule has 82 valence electrons. The third-order valence-corrected chi connectivity index (χ3v) is 1.98. The van der Waals surface area contributed by atoms with Crippen molar-refractivity contribution in [2.24, 2.45) is 5.10 Å². The minimum Gasteiger partial charge on any atom is -0.244 e. The second-order valence-corrected chi connectivity index (χ2v) is 3.19. The van der Waals surface area contributed by atoms with Crippen LogP contribution in [0.4, 0.5) is 4.39 Å². The fourth-order valence-electron chi connectivity index (χ4n) is 1.22. The first-order chi connectivity index (χ1) is 7.66. The van der Waals surface area contributed by atoms with Crippen molar-refractivity contribution < 1.29 is 4.39 Å². The Bertz CT molecular complexity index is 585. The molecule has 0 aliphatic rings. The summed E-state index contributed by atoms with van der Waals surface area (Å²) >= 11 is 0. The molecule has 6 heteroatoms. The van der Waals surface area contributed by atoms with Crippen LogP contribution in [0.3, 0.4) is 0 Å². The van der Waals surface area contributed by atoms with Crippen LogP contribution in [0.1, 0.15) is 11.4 Å². The van der Waals surface area contributed by atoms with Crippen LogP contribution in [0.5, 0.6) is 0 Å². The molecule has 0 saturated heterocycles. The summed E-state index contributed by atoms with van der Waals surface area (Å²) in [4.78, 5) is 11.2. The van der Waals surface area contributed by atoms with Gasteiger partial charge in [0.2, 0.25) is 0 Å². The molecule has 16 heavy (non-hydrogen) atoms. The van der Waals surface area contributed by atoms with Crippen LogP contribution in [-0.2, 0) is 0 Å². The van der Waals surface area contributed by atoms with Crippen molar-refractivity contribution >= 4 is 6.21 Å². The average Bonchev–Trinajstić information content (AvgIpc) is 2.56. The monoisotopic (exact) mass is 220 g/mol. The van der Waals surface area contributed by atoms with Gasteiger partial charge in [-0.15, -0.1) is 0 Å². The van der Waals surface area contributed by atoms with Crippen LogP contribution in [0, 0.1) is 12.7 Å². The lowest BCUT2D eigenvalue weighted by atomic mass is 10.2. The number of hydrogen-bond donors (Lipinski definition) is 1. The first kappa shape index (κ1) is 10.3. The maximum Gasteiger partial charge on any atom is 0.364 e. The Morgan fingerprint density at radius 2 is 2.38 bits per heavy atom. The van der Waals surface area contributed by atoms with Crippen LogP contribution in [-0.4, -0.2) is 21.1 Å². The van der Waals surface area contributed by atoms with E-state index in [2.05, 4.69) is 15.3 Å². The maximum atomic E-state index is 12.8. The molecule has 1 heterocycles. The molecule has 2 rings (SSSR count). The minimum atomic E-state index is -0.426. The molecule has 0 aliphatic heterocycles. The largest absolute Gasteiger partial charge is 0.364 e. The average molecular weight is 220 g/mol. The zero-order valence-electron chi connectivity index (χ0n) is 8.51. The Balaban J connectivity index is 2.32. The highest BCUT2D eigenvalue weighted by molar-refractivity contribution is 5.79. The summed E-state index contributed by atoms with van der Waals surface area (Å²) in [5.74, 6) is 0.0952. The summed E-state index contributed by atoms with van der Waals surface area (Å²) in [7, 11) is 0. The summed E-state index contributed by atoms with van der Waals surface area (Å²) < 4.78 is 13.9. The summed E-state index contributed by atoms with van der Waals surface area (Å²) in [5, 5.41) is 9.83. The highest BCUT2D eigenvalue weighted by Gasteiger charge is 1.99. The number of hydrogen-bond acceptors (Lipinski definition) is 3. The van der Waals surface area contributed by atoms with Crippen molar-refractivity contribution in [3.63, 3.8) is 0 Å². The lowest BCUT2D eigenvalue weighted by Gasteiger charge is -1.94. The fraction of sp³-hybridized carbons (Fsp3) is 0.100. The fourth-order valence-corrected chi connectivity index (χ4v) is 1.22. The van der Waals surface area contributed by atoms with E-state index >= 15 is 0 Å². The van der Waals surface area contributed by atoms with E-state index in [1.165, 1.54) is 18.3 Å². The van der Waals surface area contributed by atoms with E-state index in [1.807, 2.05) is 0 Å². The van der Waals surface area contributed by atoms with E-state index in [0.29, 0.717) is 11.4 Å². The van der Waals surface area contributed by atoms with Gasteiger partial charge < -0.3 is 0 Å². The molecule has 1 aromatic heterocycles. The number of benzene rings is 1. The second kappa shape index (κ2) is 4.09. The Hall–Kier alpha value is -2.24. The number of rotatable bonds is 2. The zero-order chi connectivity index (χ0) is 11.5. The van der Waals surface area contributed by atoms with Crippen molar-refractivity contribution in [1.29, 1.82) is 0 Å². The number of H-pyrrole nitrogens is 1.